The maximum Gasteiger partial charge on any atom is 0.265 e. The van der Waals surface area contributed by atoms with Crippen LogP contribution in [0.5, 0.6) is 0 Å². The van der Waals surface area contributed by atoms with Gasteiger partial charge in [0.25, 0.3) is 10.0 Å². The lowest BCUT2D eigenvalue weighted by atomic mass is 10.3. The van der Waals surface area contributed by atoms with Crippen molar-refractivity contribution in [1.82, 2.24) is 0 Å². The average Bonchev–Trinajstić information content (AvgIpc) is 2.46. The second kappa shape index (κ2) is 5.55. The molecule has 0 saturated heterocycles. The maximum absolute atomic E-state index is 12.5. The SMILES string of the molecule is N#CCN(c1ccccc1)S(=O)(=O)c1ccccc1. The molecule has 2 aromatic rings. The Labute approximate surface area is 112 Å². The van der Waals surface area contributed by atoms with E-state index < -0.39 is 10.0 Å². The van der Waals surface area contributed by atoms with E-state index in [-0.39, 0.29) is 11.4 Å². The van der Waals surface area contributed by atoms with Crippen LogP contribution in [-0.2, 0) is 10.0 Å². The highest BCUT2D eigenvalue weighted by atomic mass is 32.2. The molecular formula is C14H12N2O2S. The van der Waals surface area contributed by atoms with Crippen molar-refractivity contribution in [1.29, 1.82) is 5.26 Å². The summed E-state index contributed by atoms with van der Waals surface area (Å²) in [5, 5.41) is 8.85. The van der Waals surface area contributed by atoms with Gasteiger partial charge in [0.05, 0.1) is 16.7 Å². The van der Waals surface area contributed by atoms with Crippen LogP contribution >= 0.6 is 0 Å². The van der Waals surface area contributed by atoms with E-state index in [0.717, 1.165) is 4.31 Å². The van der Waals surface area contributed by atoms with Gasteiger partial charge in [-0.3, -0.25) is 4.31 Å². The van der Waals surface area contributed by atoms with Crippen LogP contribution in [0.25, 0.3) is 0 Å². The number of nitriles is 1. The lowest BCUT2D eigenvalue weighted by Gasteiger charge is -2.21. The molecule has 19 heavy (non-hydrogen) atoms. The highest BCUT2D eigenvalue weighted by Gasteiger charge is 2.24. The highest BCUT2D eigenvalue weighted by Crippen LogP contribution is 2.22. The van der Waals surface area contributed by atoms with Crippen molar-refractivity contribution in [2.24, 2.45) is 0 Å². The fourth-order valence-corrected chi connectivity index (χ4v) is 3.08. The Kier molecular flexibility index (Phi) is 3.83. The first-order valence-corrected chi connectivity index (χ1v) is 7.10. The summed E-state index contributed by atoms with van der Waals surface area (Å²) in [4.78, 5) is 0.175. The molecule has 0 aliphatic heterocycles. The summed E-state index contributed by atoms with van der Waals surface area (Å²) in [6, 6.07) is 18.6. The first-order chi connectivity index (χ1) is 9.16. The second-order valence-electron chi connectivity index (χ2n) is 3.82. The smallest absolute Gasteiger partial charge is 0.252 e. The van der Waals surface area contributed by atoms with Crippen molar-refractivity contribution < 1.29 is 8.42 Å². The fraction of sp³-hybridized carbons (Fsp3) is 0.0714. The van der Waals surface area contributed by atoms with Gasteiger partial charge in [0, 0.05) is 0 Å². The van der Waals surface area contributed by atoms with Gasteiger partial charge in [0.2, 0.25) is 0 Å². The number of hydrogen-bond acceptors (Lipinski definition) is 3. The molecule has 0 aromatic heterocycles. The molecule has 0 unspecified atom stereocenters. The van der Waals surface area contributed by atoms with Crippen LogP contribution in [0.2, 0.25) is 0 Å². The first-order valence-electron chi connectivity index (χ1n) is 5.66. The lowest BCUT2D eigenvalue weighted by Crippen LogP contribution is -2.31. The van der Waals surface area contributed by atoms with Crippen LogP contribution < -0.4 is 4.31 Å². The summed E-state index contributed by atoms with van der Waals surface area (Å²) >= 11 is 0. The Bertz CT molecular complexity index is 676. The van der Waals surface area contributed by atoms with Crippen LogP contribution in [0.15, 0.2) is 65.6 Å². The van der Waals surface area contributed by atoms with E-state index in [1.165, 1.54) is 12.1 Å². The van der Waals surface area contributed by atoms with Crippen LogP contribution in [0.4, 0.5) is 5.69 Å². The van der Waals surface area contributed by atoms with Crippen molar-refractivity contribution >= 4 is 15.7 Å². The van der Waals surface area contributed by atoms with Gasteiger partial charge >= 0.3 is 0 Å². The van der Waals surface area contributed by atoms with E-state index in [1.807, 2.05) is 6.07 Å². The Morgan fingerprint density at radius 2 is 1.47 bits per heavy atom. The number of anilines is 1. The second-order valence-corrected chi connectivity index (χ2v) is 5.68. The van der Waals surface area contributed by atoms with Gasteiger partial charge in [-0.1, -0.05) is 36.4 Å². The minimum absolute atomic E-state index is 0.175. The number of hydrogen-bond donors (Lipinski definition) is 0. The zero-order valence-electron chi connectivity index (χ0n) is 10.1. The molecule has 0 aliphatic rings. The van der Waals surface area contributed by atoms with E-state index in [0.29, 0.717) is 5.69 Å². The molecule has 0 bridgehead atoms. The lowest BCUT2D eigenvalue weighted by molar-refractivity contribution is 0.593. The zero-order chi connectivity index (χ0) is 13.7. The van der Waals surface area contributed by atoms with E-state index in [9.17, 15) is 8.42 Å². The summed E-state index contributed by atoms with van der Waals surface area (Å²) in [5.41, 5.74) is 0.480. The predicted molar refractivity (Wildman–Crippen MR) is 73.0 cm³/mol. The van der Waals surface area contributed by atoms with Gasteiger partial charge in [0.1, 0.15) is 6.54 Å². The molecular weight excluding hydrogens is 260 g/mol. The van der Waals surface area contributed by atoms with Crippen LogP contribution in [0.3, 0.4) is 0 Å². The largest absolute Gasteiger partial charge is 0.265 e. The van der Waals surface area contributed by atoms with Crippen LogP contribution in [0.1, 0.15) is 0 Å². The summed E-state index contributed by atoms with van der Waals surface area (Å²) in [6.45, 7) is -0.221. The third-order valence-electron chi connectivity index (χ3n) is 2.59. The molecule has 0 amide bonds. The molecule has 2 aromatic carbocycles. The van der Waals surface area contributed by atoms with E-state index >= 15 is 0 Å². The molecule has 0 heterocycles. The molecule has 2 rings (SSSR count). The average molecular weight is 272 g/mol. The quantitative estimate of drug-likeness (QED) is 0.803. The number of para-hydroxylation sites is 1. The Morgan fingerprint density at radius 3 is 2.00 bits per heavy atom. The topological polar surface area (TPSA) is 61.2 Å². The first kappa shape index (κ1) is 13.1. The van der Waals surface area contributed by atoms with Gasteiger partial charge in [-0.25, -0.2) is 8.42 Å². The zero-order valence-corrected chi connectivity index (χ0v) is 10.9. The monoisotopic (exact) mass is 272 g/mol. The summed E-state index contributed by atoms with van der Waals surface area (Å²) in [6.07, 6.45) is 0. The summed E-state index contributed by atoms with van der Waals surface area (Å²) < 4.78 is 26.1. The molecule has 0 spiro atoms. The molecule has 0 atom stereocenters. The van der Waals surface area contributed by atoms with E-state index in [4.69, 9.17) is 5.26 Å². The Balaban J connectivity index is 2.49. The molecule has 0 saturated carbocycles. The molecule has 4 nitrogen and oxygen atoms in total. The molecule has 0 radical (unpaired) electrons. The molecule has 0 aliphatic carbocycles. The number of benzene rings is 2. The van der Waals surface area contributed by atoms with E-state index in [1.54, 1.807) is 48.5 Å². The maximum atomic E-state index is 12.5. The fourth-order valence-electron chi connectivity index (χ4n) is 1.69. The molecule has 0 N–H and O–H groups in total. The van der Waals surface area contributed by atoms with Crippen molar-refractivity contribution in [3.63, 3.8) is 0 Å². The summed E-state index contributed by atoms with van der Waals surface area (Å²) in [5.74, 6) is 0. The van der Waals surface area contributed by atoms with Gasteiger partial charge in [-0.2, -0.15) is 5.26 Å². The Hall–Kier alpha value is -2.32. The van der Waals surface area contributed by atoms with Gasteiger partial charge in [-0.15, -0.1) is 0 Å². The number of sulfonamides is 1. The standard InChI is InChI=1S/C14H12N2O2S/c15-11-12-16(13-7-3-1-4-8-13)19(17,18)14-9-5-2-6-10-14/h1-10H,12H2. The highest BCUT2D eigenvalue weighted by molar-refractivity contribution is 7.92. The summed E-state index contributed by atoms with van der Waals surface area (Å²) in [7, 11) is -3.71. The van der Waals surface area contributed by atoms with Gasteiger partial charge in [0.15, 0.2) is 0 Å². The van der Waals surface area contributed by atoms with Crippen molar-refractivity contribution in [3.8, 4) is 6.07 Å². The van der Waals surface area contributed by atoms with Crippen LogP contribution in [-0.4, -0.2) is 15.0 Å². The number of rotatable bonds is 4. The van der Waals surface area contributed by atoms with Gasteiger partial charge < -0.3 is 0 Å². The van der Waals surface area contributed by atoms with Crippen molar-refractivity contribution in [3.05, 3.63) is 60.7 Å². The van der Waals surface area contributed by atoms with Crippen molar-refractivity contribution in [2.75, 3.05) is 10.8 Å². The minimum atomic E-state index is -3.71. The molecule has 0 fully saturated rings. The molecule has 5 heteroatoms. The predicted octanol–water partition coefficient (Wildman–Crippen LogP) is 2.41. The minimum Gasteiger partial charge on any atom is -0.252 e. The van der Waals surface area contributed by atoms with E-state index in [2.05, 4.69) is 0 Å². The van der Waals surface area contributed by atoms with Gasteiger partial charge in [-0.05, 0) is 24.3 Å². The van der Waals surface area contributed by atoms with Crippen LogP contribution in [0, 0.1) is 11.3 Å². The third-order valence-corrected chi connectivity index (χ3v) is 4.38. The van der Waals surface area contributed by atoms with Crippen molar-refractivity contribution in [2.45, 2.75) is 4.90 Å². The third kappa shape index (κ3) is 2.75. The normalized spacial score (nSPS) is 10.7. The molecule has 96 valence electrons. The number of nitrogens with zero attached hydrogens (tertiary/aromatic N) is 2. The Morgan fingerprint density at radius 1 is 0.947 bits per heavy atom.